The fraction of sp³-hybridized carbons (Fsp3) is 0.333. The predicted octanol–water partition coefficient (Wildman–Crippen LogP) is 1.93. The number of ether oxygens (including phenoxy) is 1. The van der Waals surface area contributed by atoms with E-state index in [1.54, 1.807) is 19.1 Å². The molecular weight excluding hydrogens is 440 g/mol. The summed E-state index contributed by atoms with van der Waals surface area (Å²) in [5.74, 6) is -0.738. The van der Waals surface area contributed by atoms with E-state index >= 15 is 0 Å². The molecule has 1 saturated heterocycles. The molecule has 1 fully saturated rings. The van der Waals surface area contributed by atoms with Gasteiger partial charge in [0, 0.05) is 6.42 Å². The molecule has 176 valence electrons. The maximum Gasteiger partial charge on any atom is 0.338 e. The molecule has 1 aliphatic carbocycles. The molecule has 3 aliphatic rings. The van der Waals surface area contributed by atoms with E-state index < -0.39 is 29.6 Å². The molecule has 0 bridgehead atoms. The molecule has 2 unspecified atom stereocenters. The molecule has 34 heavy (non-hydrogen) atoms. The van der Waals surface area contributed by atoms with Crippen LogP contribution in [0.1, 0.15) is 36.3 Å². The van der Waals surface area contributed by atoms with Gasteiger partial charge in [0.1, 0.15) is 17.3 Å². The van der Waals surface area contributed by atoms with Gasteiger partial charge >= 0.3 is 18.0 Å². The Kier molecular flexibility index (Phi) is 5.35. The van der Waals surface area contributed by atoms with Crippen LogP contribution in [0.25, 0.3) is 0 Å². The number of nitrogens with zero attached hydrogens (tertiary/aromatic N) is 1. The standard InChI is InChI=1S/C24H24N4O6/c1-2-33-20(29)18-16(25-22(31)26-19(18)17-8-5-11-34-17)13-28-21(30)24(27-23(28)32)10-9-14-6-3-4-7-15(14)12-24/h3-8,11,19H,2,9-10,12-13H2,1H3,(H,27,32)(H2,25,26,31). The number of hydrogen-bond acceptors (Lipinski definition) is 6. The van der Waals surface area contributed by atoms with Crippen LogP contribution >= 0.6 is 0 Å². The highest BCUT2D eigenvalue weighted by Gasteiger charge is 2.53. The maximum absolute atomic E-state index is 13.5. The monoisotopic (exact) mass is 464 g/mol. The number of imide groups is 1. The van der Waals surface area contributed by atoms with E-state index in [0.717, 1.165) is 16.0 Å². The molecule has 2 aromatic rings. The Morgan fingerprint density at radius 2 is 1.97 bits per heavy atom. The van der Waals surface area contributed by atoms with Gasteiger partial charge < -0.3 is 25.1 Å². The number of urea groups is 2. The summed E-state index contributed by atoms with van der Waals surface area (Å²) < 4.78 is 10.6. The number of aryl methyl sites for hydroxylation is 1. The second-order valence-corrected chi connectivity index (χ2v) is 8.51. The van der Waals surface area contributed by atoms with Crippen LogP contribution < -0.4 is 16.0 Å². The van der Waals surface area contributed by atoms with Crippen LogP contribution in [-0.2, 0) is 27.2 Å². The summed E-state index contributed by atoms with van der Waals surface area (Å²) >= 11 is 0. The fourth-order valence-electron chi connectivity index (χ4n) is 4.86. The van der Waals surface area contributed by atoms with Crippen LogP contribution in [0, 0.1) is 0 Å². The van der Waals surface area contributed by atoms with E-state index in [1.807, 2.05) is 24.3 Å². The highest BCUT2D eigenvalue weighted by Crippen LogP contribution is 2.35. The number of benzene rings is 1. The van der Waals surface area contributed by atoms with Crippen LogP contribution in [0.2, 0.25) is 0 Å². The summed E-state index contributed by atoms with van der Waals surface area (Å²) in [5, 5.41) is 8.10. The average Bonchev–Trinajstić information content (AvgIpc) is 3.43. The lowest BCUT2D eigenvalue weighted by molar-refractivity contribution is -0.139. The molecule has 1 aromatic heterocycles. The minimum absolute atomic E-state index is 0.0759. The van der Waals surface area contributed by atoms with Crippen LogP contribution in [0.3, 0.4) is 0 Å². The van der Waals surface area contributed by atoms with E-state index in [-0.39, 0.29) is 30.3 Å². The number of nitrogens with one attached hydrogen (secondary N) is 3. The van der Waals surface area contributed by atoms with E-state index in [9.17, 15) is 19.2 Å². The lowest BCUT2D eigenvalue weighted by Gasteiger charge is -2.32. The second-order valence-electron chi connectivity index (χ2n) is 8.51. The lowest BCUT2D eigenvalue weighted by Crippen LogP contribution is -2.52. The van der Waals surface area contributed by atoms with E-state index in [1.165, 1.54) is 6.26 Å². The molecule has 0 radical (unpaired) electrons. The molecule has 3 heterocycles. The second kappa shape index (κ2) is 8.36. The highest BCUT2D eigenvalue weighted by molar-refractivity contribution is 6.08. The molecular formula is C24H24N4O6. The van der Waals surface area contributed by atoms with E-state index in [2.05, 4.69) is 16.0 Å². The number of rotatable bonds is 5. The van der Waals surface area contributed by atoms with Gasteiger partial charge in [0.15, 0.2) is 0 Å². The molecule has 5 rings (SSSR count). The van der Waals surface area contributed by atoms with Crippen molar-refractivity contribution in [1.29, 1.82) is 0 Å². The number of hydrogen-bond donors (Lipinski definition) is 3. The van der Waals surface area contributed by atoms with Gasteiger partial charge in [-0.3, -0.25) is 9.69 Å². The van der Waals surface area contributed by atoms with Gasteiger partial charge in [0.25, 0.3) is 5.91 Å². The highest BCUT2D eigenvalue weighted by atomic mass is 16.5. The van der Waals surface area contributed by atoms with Gasteiger partial charge in [-0.15, -0.1) is 0 Å². The Morgan fingerprint density at radius 3 is 2.71 bits per heavy atom. The summed E-state index contributed by atoms with van der Waals surface area (Å²) in [7, 11) is 0. The van der Waals surface area contributed by atoms with E-state index in [0.29, 0.717) is 25.0 Å². The van der Waals surface area contributed by atoms with Crippen LogP contribution in [0.5, 0.6) is 0 Å². The van der Waals surface area contributed by atoms with E-state index in [4.69, 9.17) is 9.15 Å². The quantitative estimate of drug-likeness (QED) is 0.458. The van der Waals surface area contributed by atoms with Gasteiger partial charge in [0.05, 0.1) is 30.7 Å². The first-order chi connectivity index (χ1) is 16.4. The minimum atomic E-state index is -1.05. The topological polar surface area (TPSA) is 130 Å². The minimum Gasteiger partial charge on any atom is -0.467 e. The van der Waals surface area contributed by atoms with Crippen molar-refractivity contribution < 1.29 is 28.3 Å². The van der Waals surface area contributed by atoms with Crippen molar-refractivity contribution in [2.75, 3.05) is 13.2 Å². The van der Waals surface area contributed by atoms with Crippen LogP contribution in [-0.4, -0.2) is 47.5 Å². The number of carbonyl (C=O) groups excluding carboxylic acids is 4. The summed E-state index contributed by atoms with van der Waals surface area (Å²) in [6.45, 7) is 1.49. The molecule has 1 spiro atoms. The first-order valence-corrected chi connectivity index (χ1v) is 11.1. The number of furan rings is 1. The number of amides is 5. The summed E-state index contributed by atoms with van der Waals surface area (Å²) in [4.78, 5) is 52.8. The summed E-state index contributed by atoms with van der Waals surface area (Å²) in [6, 6.07) is 9.03. The summed E-state index contributed by atoms with van der Waals surface area (Å²) in [6.07, 6.45) is 2.94. The van der Waals surface area contributed by atoms with Crippen LogP contribution in [0.4, 0.5) is 9.59 Å². The summed E-state index contributed by atoms with van der Waals surface area (Å²) in [5.41, 5.74) is 1.32. The zero-order chi connectivity index (χ0) is 23.9. The van der Waals surface area contributed by atoms with Crippen molar-refractivity contribution in [3.63, 3.8) is 0 Å². The normalized spacial score (nSPS) is 24.0. The van der Waals surface area contributed by atoms with Gasteiger partial charge in [-0.1, -0.05) is 24.3 Å². The first kappa shape index (κ1) is 21.7. The zero-order valence-corrected chi connectivity index (χ0v) is 18.6. The number of esters is 1. The van der Waals surface area contributed by atoms with Crippen molar-refractivity contribution in [3.8, 4) is 0 Å². The molecule has 1 aromatic carbocycles. The van der Waals surface area contributed by atoms with Crippen molar-refractivity contribution >= 4 is 23.9 Å². The SMILES string of the molecule is CCOC(=O)C1=C(CN2C(=O)NC3(CCc4ccccc4C3)C2=O)NC(=O)NC1c1ccco1. The van der Waals surface area contributed by atoms with Crippen molar-refractivity contribution in [1.82, 2.24) is 20.9 Å². The Hall–Kier alpha value is -4.08. The zero-order valence-electron chi connectivity index (χ0n) is 18.6. The fourth-order valence-corrected chi connectivity index (χ4v) is 4.86. The average molecular weight is 464 g/mol. The van der Waals surface area contributed by atoms with Gasteiger partial charge in [-0.25, -0.2) is 14.4 Å². The van der Waals surface area contributed by atoms with Crippen molar-refractivity contribution in [3.05, 3.63) is 70.8 Å². The largest absolute Gasteiger partial charge is 0.467 e. The molecule has 10 nitrogen and oxygen atoms in total. The van der Waals surface area contributed by atoms with Crippen molar-refractivity contribution in [2.45, 2.75) is 37.8 Å². The predicted molar refractivity (Wildman–Crippen MR) is 118 cm³/mol. The lowest BCUT2D eigenvalue weighted by atomic mass is 9.78. The third kappa shape index (κ3) is 3.60. The number of carbonyl (C=O) groups is 4. The van der Waals surface area contributed by atoms with Gasteiger partial charge in [0.2, 0.25) is 0 Å². The maximum atomic E-state index is 13.5. The third-order valence-corrected chi connectivity index (χ3v) is 6.47. The van der Waals surface area contributed by atoms with Gasteiger partial charge in [-0.05, 0) is 43.0 Å². The third-order valence-electron chi connectivity index (χ3n) is 6.47. The Labute approximate surface area is 195 Å². The Morgan fingerprint density at radius 1 is 1.18 bits per heavy atom. The Bertz CT molecular complexity index is 1200. The first-order valence-electron chi connectivity index (χ1n) is 11.1. The molecule has 0 saturated carbocycles. The number of fused-ring (bicyclic) bond motifs is 1. The molecule has 2 aliphatic heterocycles. The van der Waals surface area contributed by atoms with Crippen molar-refractivity contribution in [2.24, 2.45) is 0 Å². The van der Waals surface area contributed by atoms with Gasteiger partial charge in [-0.2, -0.15) is 0 Å². The molecule has 3 N–H and O–H groups in total. The molecule has 10 heteroatoms. The molecule has 2 atom stereocenters. The smallest absolute Gasteiger partial charge is 0.338 e. The Balaban J connectivity index is 1.48. The molecule has 5 amide bonds. The van der Waals surface area contributed by atoms with Crippen LogP contribution in [0.15, 0.2) is 58.3 Å².